The number of nitrogens with one attached hydrogen (secondary N) is 1. The van der Waals surface area contributed by atoms with Gasteiger partial charge in [-0.15, -0.1) is 10.2 Å². The SMILES string of the molecule is COc1cc2c(-c3nn[nH]n3)cnc(C(=O)c3ccc(OC)c(OC4CCCC4)c3)c2cc1OC. The molecule has 0 bridgehead atoms. The number of aromatic nitrogens is 5. The molecule has 0 aliphatic heterocycles. The van der Waals surface area contributed by atoms with E-state index in [9.17, 15) is 4.79 Å². The van der Waals surface area contributed by atoms with Crippen LogP contribution in [0.5, 0.6) is 23.0 Å². The monoisotopic (exact) mass is 475 g/mol. The Balaban J connectivity index is 1.62. The summed E-state index contributed by atoms with van der Waals surface area (Å²) in [5.74, 6) is 2.21. The zero-order chi connectivity index (χ0) is 24.4. The van der Waals surface area contributed by atoms with Gasteiger partial charge in [0.15, 0.2) is 23.0 Å². The number of fused-ring (bicyclic) bond motifs is 1. The van der Waals surface area contributed by atoms with Crippen LogP contribution in [0, 0.1) is 0 Å². The molecule has 0 amide bonds. The standard InChI is InChI=1S/C25H25N5O5/c1-32-19-9-8-14(10-22(19)35-15-6-4-5-7-15)24(31)23-17-12-21(34-3)20(33-2)11-16(17)18(13-26-23)25-27-29-30-28-25/h8-13,15H,4-7H2,1-3H3,(H,27,28,29,30). The first-order chi connectivity index (χ1) is 17.1. The third kappa shape index (κ3) is 4.23. The van der Waals surface area contributed by atoms with E-state index in [0.29, 0.717) is 50.7 Å². The lowest BCUT2D eigenvalue weighted by atomic mass is 9.98. The van der Waals surface area contributed by atoms with Gasteiger partial charge in [0.2, 0.25) is 11.6 Å². The number of pyridine rings is 1. The lowest BCUT2D eigenvalue weighted by molar-refractivity contribution is 0.103. The van der Waals surface area contributed by atoms with Gasteiger partial charge in [-0.1, -0.05) is 0 Å². The second-order valence-electron chi connectivity index (χ2n) is 8.23. The summed E-state index contributed by atoms with van der Waals surface area (Å²) in [6.45, 7) is 0. The Morgan fingerprint density at radius 3 is 2.29 bits per heavy atom. The third-order valence-corrected chi connectivity index (χ3v) is 6.21. The lowest BCUT2D eigenvalue weighted by Gasteiger charge is -2.17. The van der Waals surface area contributed by atoms with Crippen LogP contribution < -0.4 is 18.9 Å². The molecule has 1 fully saturated rings. The van der Waals surface area contributed by atoms with E-state index in [2.05, 4.69) is 25.6 Å². The molecule has 1 aliphatic rings. The fraction of sp³-hybridized carbons (Fsp3) is 0.320. The molecule has 180 valence electrons. The van der Waals surface area contributed by atoms with Gasteiger partial charge in [0.25, 0.3) is 0 Å². The Morgan fingerprint density at radius 2 is 1.63 bits per heavy atom. The van der Waals surface area contributed by atoms with Crippen molar-refractivity contribution in [1.82, 2.24) is 25.6 Å². The first kappa shape index (κ1) is 22.6. The van der Waals surface area contributed by atoms with Crippen LogP contribution in [0.15, 0.2) is 36.5 Å². The number of aromatic amines is 1. The molecule has 1 aliphatic carbocycles. The summed E-state index contributed by atoms with van der Waals surface area (Å²) in [4.78, 5) is 18.2. The average molecular weight is 476 g/mol. The van der Waals surface area contributed by atoms with Gasteiger partial charge >= 0.3 is 0 Å². The van der Waals surface area contributed by atoms with Crippen LogP contribution >= 0.6 is 0 Å². The predicted molar refractivity (Wildman–Crippen MR) is 127 cm³/mol. The van der Waals surface area contributed by atoms with E-state index >= 15 is 0 Å². The fourth-order valence-corrected chi connectivity index (χ4v) is 4.43. The molecule has 10 nitrogen and oxygen atoms in total. The number of nitrogens with zero attached hydrogens (tertiary/aromatic N) is 4. The number of ketones is 1. The molecule has 4 aromatic rings. The molecular weight excluding hydrogens is 450 g/mol. The van der Waals surface area contributed by atoms with Gasteiger partial charge in [-0.05, 0) is 61.2 Å². The van der Waals surface area contributed by atoms with E-state index in [4.69, 9.17) is 18.9 Å². The Bertz CT molecular complexity index is 1370. The molecule has 2 aromatic carbocycles. The van der Waals surface area contributed by atoms with Gasteiger partial charge in [-0.2, -0.15) is 5.21 Å². The van der Waals surface area contributed by atoms with Crippen molar-refractivity contribution in [2.75, 3.05) is 21.3 Å². The minimum absolute atomic E-state index is 0.124. The summed E-state index contributed by atoms with van der Waals surface area (Å²) < 4.78 is 22.6. The van der Waals surface area contributed by atoms with E-state index in [1.807, 2.05) is 0 Å². The first-order valence-corrected chi connectivity index (χ1v) is 11.3. The summed E-state index contributed by atoms with van der Waals surface area (Å²) in [5.41, 5.74) is 1.30. The van der Waals surface area contributed by atoms with Gasteiger partial charge in [0.05, 0.1) is 27.4 Å². The van der Waals surface area contributed by atoms with E-state index in [1.165, 1.54) is 7.11 Å². The Hall–Kier alpha value is -4.21. The van der Waals surface area contributed by atoms with E-state index < -0.39 is 0 Å². The summed E-state index contributed by atoms with van der Waals surface area (Å²) in [6.07, 6.45) is 5.95. The van der Waals surface area contributed by atoms with Crippen molar-refractivity contribution < 1.29 is 23.7 Å². The van der Waals surface area contributed by atoms with Gasteiger partial charge < -0.3 is 18.9 Å². The lowest BCUT2D eigenvalue weighted by Crippen LogP contribution is -2.13. The molecule has 5 rings (SSSR count). The highest BCUT2D eigenvalue weighted by Crippen LogP contribution is 2.38. The molecule has 35 heavy (non-hydrogen) atoms. The number of rotatable bonds is 8. The molecule has 0 spiro atoms. The van der Waals surface area contributed by atoms with Gasteiger partial charge in [0.1, 0.15) is 5.69 Å². The molecule has 0 radical (unpaired) electrons. The smallest absolute Gasteiger partial charge is 0.212 e. The third-order valence-electron chi connectivity index (χ3n) is 6.21. The maximum atomic E-state index is 13.7. The van der Waals surface area contributed by atoms with Crippen LogP contribution in [0.1, 0.15) is 41.7 Å². The van der Waals surface area contributed by atoms with Crippen molar-refractivity contribution in [3.8, 4) is 34.4 Å². The topological polar surface area (TPSA) is 121 Å². The highest BCUT2D eigenvalue weighted by atomic mass is 16.5. The van der Waals surface area contributed by atoms with E-state index in [-0.39, 0.29) is 17.6 Å². The number of benzene rings is 2. The van der Waals surface area contributed by atoms with E-state index in [0.717, 1.165) is 25.7 Å². The number of carbonyl (C=O) groups is 1. The number of H-pyrrole nitrogens is 1. The zero-order valence-corrected chi connectivity index (χ0v) is 19.7. The van der Waals surface area contributed by atoms with Crippen LogP contribution in [0.3, 0.4) is 0 Å². The second-order valence-corrected chi connectivity index (χ2v) is 8.23. The molecule has 0 saturated heterocycles. The van der Waals surface area contributed by atoms with Crippen molar-refractivity contribution in [2.24, 2.45) is 0 Å². The minimum Gasteiger partial charge on any atom is -0.493 e. The average Bonchev–Trinajstić information content (AvgIpc) is 3.61. The highest BCUT2D eigenvalue weighted by molar-refractivity contribution is 6.17. The minimum atomic E-state index is -0.263. The second kappa shape index (κ2) is 9.57. The molecule has 1 N–H and O–H groups in total. The highest BCUT2D eigenvalue weighted by Gasteiger charge is 2.23. The number of carbonyl (C=O) groups excluding carboxylic acids is 1. The summed E-state index contributed by atoms with van der Waals surface area (Å²) in [6, 6.07) is 8.69. The Morgan fingerprint density at radius 1 is 0.914 bits per heavy atom. The number of hydrogen-bond acceptors (Lipinski definition) is 9. The number of methoxy groups -OCH3 is 3. The maximum Gasteiger partial charge on any atom is 0.212 e. The molecule has 0 atom stereocenters. The van der Waals surface area contributed by atoms with Crippen molar-refractivity contribution >= 4 is 16.6 Å². The Labute approximate surface area is 201 Å². The molecule has 1 saturated carbocycles. The quantitative estimate of drug-likeness (QED) is 0.377. The predicted octanol–water partition coefficient (Wildman–Crippen LogP) is 3.99. The van der Waals surface area contributed by atoms with Crippen molar-refractivity contribution in [2.45, 2.75) is 31.8 Å². The normalized spacial score (nSPS) is 13.7. The zero-order valence-electron chi connectivity index (χ0n) is 19.7. The summed E-state index contributed by atoms with van der Waals surface area (Å²) in [5, 5.41) is 15.5. The van der Waals surface area contributed by atoms with Crippen molar-refractivity contribution in [3.05, 3.63) is 47.8 Å². The fourth-order valence-electron chi connectivity index (χ4n) is 4.43. The summed E-state index contributed by atoms with van der Waals surface area (Å²) in [7, 11) is 4.68. The van der Waals surface area contributed by atoms with Gasteiger partial charge in [-0.25, -0.2) is 0 Å². The molecular formula is C25H25N5O5. The van der Waals surface area contributed by atoms with Gasteiger partial charge in [0, 0.05) is 28.1 Å². The molecule has 2 aromatic heterocycles. The summed E-state index contributed by atoms with van der Waals surface area (Å²) >= 11 is 0. The van der Waals surface area contributed by atoms with Crippen molar-refractivity contribution in [3.63, 3.8) is 0 Å². The molecule has 10 heteroatoms. The number of tetrazole rings is 1. The number of ether oxygens (including phenoxy) is 4. The molecule has 2 heterocycles. The van der Waals surface area contributed by atoms with E-state index in [1.54, 1.807) is 50.7 Å². The van der Waals surface area contributed by atoms with Crippen LogP contribution in [0.25, 0.3) is 22.2 Å². The van der Waals surface area contributed by atoms with Crippen molar-refractivity contribution in [1.29, 1.82) is 0 Å². The van der Waals surface area contributed by atoms with Crippen LogP contribution in [0.4, 0.5) is 0 Å². The Kier molecular flexibility index (Phi) is 6.17. The molecule has 0 unspecified atom stereocenters. The first-order valence-electron chi connectivity index (χ1n) is 11.3. The van der Waals surface area contributed by atoms with Crippen LogP contribution in [-0.4, -0.2) is 58.8 Å². The van der Waals surface area contributed by atoms with Crippen LogP contribution in [0.2, 0.25) is 0 Å². The van der Waals surface area contributed by atoms with Crippen LogP contribution in [-0.2, 0) is 0 Å². The largest absolute Gasteiger partial charge is 0.493 e. The van der Waals surface area contributed by atoms with Gasteiger partial charge in [-0.3, -0.25) is 9.78 Å². The maximum absolute atomic E-state index is 13.7. The number of hydrogen-bond donors (Lipinski definition) is 1.